The number of nitrogens with one attached hydrogen (secondary N) is 1. The van der Waals surface area contributed by atoms with Gasteiger partial charge in [0.25, 0.3) is 0 Å². The lowest BCUT2D eigenvalue weighted by atomic mass is 10.2. The van der Waals surface area contributed by atoms with E-state index in [9.17, 15) is 5.11 Å². The summed E-state index contributed by atoms with van der Waals surface area (Å²) in [6.07, 6.45) is 3.97. The van der Waals surface area contributed by atoms with Gasteiger partial charge in [-0.1, -0.05) is 31.5 Å². The molecule has 0 atom stereocenters. The topological polar surface area (TPSA) is 48.4 Å². The van der Waals surface area contributed by atoms with E-state index in [2.05, 4.69) is 16.9 Å². The van der Waals surface area contributed by atoms with E-state index < -0.39 is 0 Å². The molecule has 1 heterocycles. The Labute approximate surface area is 94.8 Å². The van der Waals surface area contributed by atoms with Gasteiger partial charge in [-0.3, -0.25) is 4.99 Å². The highest BCUT2D eigenvalue weighted by Crippen LogP contribution is 2.24. The molecule has 0 bridgehead atoms. The molecular formula is C13H16N2O. The first-order valence-corrected chi connectivity index (χ1v) is 5.62. The number of para-hydroxylation sites is 1. The van der Waals surface area contributed by atoms with Gasteiger partial charge >= 0.3 is 0 Å². The van der Waals surface area contributed by atoms with Crippen molar-refractivity contribution in [1.82, 2.24) is 4.98 Å². The van der Waals surface area contributed by atoms with Gasteiger partial charge in [0.2, 0.25) is 0 Å². The number of rotatable bonds is 4. The van der Waals surface area contributed by atoms with Crippen molar-refractivity contribution in [3.63, 3.8) is 0 Å². The summed E-state index contributed by atoms with van der Waals surface area (Å²) in [6, 6.07) is 7.82. The number of hydrogen-bond acceptors (Lipinski definition) is 2. The Balaban J connectivity index is 2.29. The molecule has 0 saturated carbocycles. The first-order valence-electron chi connectivity index (χ1n) is 5.62. The molecule has 0 saturated heterocycles. The first-order chi connectivity index (χ1) is 7.83. The number of unbranched alkanes of at least 4 members (excludes halogenated alkanes) is 1. The standard InChI is InChI=1S/C13H16N2O/c1-2-3-8-14-9-11-10-6-4-5-7-12(10)15-13(11)16/h4-7,9,15-16H,2-3,8H2,1H3. The van der Waals surface area contributed by atoms with Crippen LogP contribution in [0.1, 0.15) is 25.3 Å². The van der Waals surface area contributed by atoms with Gasteiger partial charge in [-0.25, -0.2) is 0 Å². The number of hydrogen-bond donors (Lipinski definition) is 2. The van der Waals surface area contributed by atoms with Crippen LogP contribution in [0.5, 0.6) is 5.88 Å². The Morgan fingerprint density at radius 1 is 1.38 bits per heavy atom. The lowest BCUT2D eigenvalue weighted by Crippen LogP contribution is -1.83. The van der Waals surface area contributed by atoms with Gasteiger partial charge in [0.1, 0.15) is 0 Å². The molecular weight excluding hydrogens is 200 g/mol. The van der Waals surface area contributed by atoms with Crippen LogP contribution in [0.25, 0.3) is 10.9 Å². The lowest BCUT2D eigenvalue weighted by Gasteiger charge is -1.92. The van der Waals surface area contributed by atoms with Crippen molar-refractivity contribution < 1.29 is 5.11 Å². The van der Waals surface area contributed by atoms with Gasteiger partial charge in [-0.2, -0.15) is 0 Å². The van der Waals surface area contributed by atoms with Crippen LogP contribution in [-0.4, -0.2) is 22.8 Å². The largest absolute Gasteiger partial charge is 0.494 e. The zero-order valence-electron chi connectivity index (χ0n) is 9.40. The second-order valence-corrected chi connectivity index (χ2v) is 3.82. The zero-order chi connectivity index (χ0) is 11.4. The maximum absolute atomic E-state index is 9.74. The SMILES string of the molecule is CCCCN=Cc1c(O)[nH]c2ccccc12. The van der Waals surface area contributed by atoms with Crippen molar-refractivity contribution in [3.8, 4) is 5.88 Å². The average molecular weight is 216 g/mol. The third-order valence-corrected chi connectivity index (χ3v) is 2.59. The van der Waals surface area contributed by atoms with E-state index in [-0.39, 0.29) is 5.88 Å². The molecule has 0 radical (unpaired) electrons. The third kappa shape index (κ3) is 2.08. The summed E-state index contributed by atoms with van der Waals surface area (Å²) in [4.78, 5) is 7.24. The zero-order valence-corrected chi connectivity index (χ0v) is 9.40. The molecule has 0 fully saturated rings. The van der Waals surface area contributed by atoms with E-state index in [1.165, 1.54) is 0 Å². The van der Waals surface area contributed by atoms with Gasteiger partial charge in [0.05, 0.1) is 5.56 Å². The number of H-pyrrole nitrogens is 1. The summed E-state index contributed by atoms with van der Waals surface area (Å²) in [5.74, 6) is 0.196. The molecule has 1 aromatic heterocycles. The Kier molecular flexibility index (Phi) is 3.25. The quantitative estimate of drug-likeness (QED) is 0.598. The molecule has 0 aliphatic rings. The minimum absolute atomic E-state index is 0.196. The summed E-state index contributed by atoms with van der Waals surface area (Å²) in [6.45, 7) is 2.95. The minimum Gasteiger partial charge on any atom is -0.494 e. The summed E-state index contributed by atoms with van der Waals surface area (Å²) in [7, 11) is 0. The van der Waals surface area contributed by atoms with Crippen molar-refractivity contribution in [2.24, 2.45) is 4.99 Å². The summed E-state index contributed by atoms with van der Waals surface area (Å²) >= 11 is 0. The predicted molar refractivity (Wildman–Crippen MR) is 67.3 cm³/mol. The molecule has 2 N–H and O–H groups in total. The van der Waals surface area contributed by atoms with Crippen LogP contribution in [0.15, 0.2) is 29.3 Å². The Hall–Kier alpha value is -1.77. The molecule has 1 aromatic carbocycles. The molecule has 0 unspecified atom stereocenters. The number of aromatic amines is 1. The second kappa shape index (κ2) is 4.84. The maximum atomic E-state index is 9.74. The highest BCUT2D eigenvalue weighted by molar-refractivity contribution is 6.01. The highest BCUT2D eigenvalue weighted by Gasteiger charge is 2.06. The van der Waals surface area contributed by atoms with Gasteiger partial charge < -0.3 is 10.1 Å². The third-order valence-electron chi connectivity index (χ3n) is 2.59. The van der Waals surface area contributed by atoms with Crippen LogP contribution in [0, 0.1) is 0 Å². The van der Waals surface area contributed by atoms with Gasteiger partial charge in [-0.15, -0.1) is 0 Å². The Bertz CT molecular complexity index is 500. The highest BCUT2D eigenvalue weighted by atomic mass is 16.3. The monoisotopic (exact) mass is 216 g/mol. The number of aromatic nitrogens is 1. The number of fused-ring (bicyclic) bond motifs is 1. The van der Waals surface area contributed by atoms with Crippen LogP contribution in [-0.2, 0) is 0 Å². The molecule has 3 nitrogen and oxygen atoms in total. The first kappa shape index (κ1) is 10.7. The molecule has 2 aromatic rings. The summed E-state index contributed by atoms with van der Waals surface area (Å²) in [5.41, 5.74) is 1.73. The van der Waals surface area contributed by atoms with E-state index in [4.69, 9.17) is 0 Å². The fourth-order valence-corrected chi connectivity index (χ4v) is 1.69. The van der Waals surface area contributed by atoms with Crippen molar-refractivity contribution in [2.45, 2.75) is 19.8 Å². The fourth-order valence-electron chi connectivity index (χ4n) is 1.69. The van der Waals surface area contributed by atoms with Crippen molar-refractivity contribution in [3.05, 3.63) is 29.8 Å². The minimum atomic E-state index is 0.196. The van der Waals surface area contributed by atoms with E-state index in [1.54, 1.807) is 6.21 Å². The molecule has 16 heavy (non-hydrogen) atoms. The Morgan fingerprint density at radius 3 is 3.00 bits per heavy atom. The average Bonchev–Trinajstić information content (AvgIpc) is 2.61. The van der Waals surface area contributed by atoms with Crippen LogP contribution in [0.2, 0.25) is 0 Å². The van der Waals surface area contributed by atoms with Gasteiger partial charge in [0.15, 0.2) is 5.88 Å². The normalized spacial score (nSPS) is 11.6. The molecule has 2 rings (SSSR count). The number of nitrogens with zero attached hydrogens (tertiary/aromatic N) is 1. The predicted octanol–water partition coefficient (Wildman–Crippen LogP) is 3.09. The van der Waals surface area contributed by atoms with Crippen LogP contribution >= 0.6 is 0 Å². The van der Waals surface area contributed by atoms with Crippen molar-refractivity contribution in [1.29, 1.82) is 0 Å². The Morgan fingerprint density at radius 2 is 2.19 bits per heavy atom. The van der Waals surface area contributed by atoms with Crippen molar-refractivity contribution >= 4 is 17.1 Å². The molecule has 3 heteroatoms. The number of aliphatic imine (C=N–C) groups is 1. The molecule has 0 spiro atoms. The molecule has 0 amide bonds. The maximum Gasteiger partial charge on any atom is 0.198 e. The van der Waals surface area contributed by atoms with Crippen LogP contribution in [0.3, 0.4) is 0 Å². The number of aromatic hydroxyl groups is 1. The molecule has 84 valence electrons. The van der Waals surface area contributed by atoms with Crippen LogP contribution in [0.4, 0.5) is 0 Å². The molecule has 0 aliphatic carbocycles. The molecule has 0 aliphatic heterocycles. The smallest absolute Gasteiger partial charge is 0.198 e. The van der Waals surface area contributed by atoms with Gasteiger partial charge in [0, 0.05) is 23.7 Å². The second-order valence-electron chi connectivity index (χ2n) is 3.82. The van der Waals surface area contributed by atoms with E-state index in [0.29, 0.717) is 0 Å². The van der Waals surface area contributed by atoms with Crippen LogP contribution < -0.4 is 0 Å². The lowest BCUT2D eigenvalue weighted by molar-refractivity contribution is 0.457. The van der Waals surface area contributed by atoms with E-state index in [0.717, 1.165) is 35.9 Å². The fraction of sp³-hybridized carbons (Fsp3) is 0.308. The van der Waals surface area contributed by atoms with E-state index >= 15 is 0 Å². The van der Waals surface area contributed by atoms with Crippen molar-refractivity contribution in [2.75, 3.05) is 6.54 Å². The van der Waals surface area contributed by atoms with Gasteiger partial charge in [-0.05, 0) is 12.5 Å². The summed E-state index contributed by atoms with van der Waals surface area (Å²) in [5, 5.41) is 10.8. The number of benzene rings is 1. The summed E-state index contributed by atoms with van der Waals surface area (Å²) < 4.78 is 0. The van der Waals surface area contributed by atoms with E-state index in [1.807, 2.05) is 24.3 Å².